The number of H-pyrrole nitrogens is 2. The van der Waals surface area contributed by atoms with E-state index in [1.54, 1.807) is 4.90 Å². The van der Waals surface area contributed by atoms with Crippen LogP contribution in [0.15, 0.2) is 48.7 Å². The lowest BCUT2D eigenvalue weighted by molar-refractivity contribution is -0.0683. The number of imidazole rings is 2. The van der Waals surface area contributed by atoms with E-state index in [1.807, 2.05) is 78.1 Å². The summed E-state index contributed by atoms with van der Waals surface area (Å²) < 4.78 is 11.6. The van der Waals surface area contributed by atoms with Crippen LogP contribution in [0.1, 0.15) is 109 Å². The molecule has 4 heterocycles. The molecule has 0 bridgehead atoms. The van der Waals surface area contributed by atoms with Crippen molar-refractivity contribution >= 4 is 23.2 Å². The van der Waals surface area contributed by atoms with E-state index in [0.29, 0.717) is 18.4 Å². The van der Waals surface area contributed by atoms with E-state index in [1.165, 1.54) is 0 Å². The van der Waals surface area contributed by atoms with Crippen LogP contribution in [0, 0.1) is 29.1 Å². The molecule has 9 rings (SSSR count). The molecule has 1 spiro atoms. The van der Waals surface area contributed by atoms with Gasteiger partial charge in [0, 0.05) is 24.2 Å². The van der Waals surface area contributed by atoms with Crippen molar-refractivity contribution in [2.75, 3.05) is 13.1 Å². The third-order valence-corrected chi connectivity index (χ3v) is 11.8. The number of nitrogens with zero attached hydrogens (tertiary/aromatic N) is 4. The van der Waals surface area contributed by atoms with E-state index >= 15 is 0 Å². The molecular weight excluding hydrogens is 652 g/mol. The molecular formula is C42H48N6O4. The summed E-state index contributed by atoms with van der Waals surface area (Å²) in [6, 6.07) is 14.3. The average molecular weight is 701 g/mol. The molecule has 2 N–H and O–H groups in total. The molecule has 2 aliphatic heterocycles. The largest absolute Gasteiger partial charge is 0.444 e. The van der Waals surface area contributed by atoms with E-state index < -0.39 is 11.2 Å². The molecule has 10 heteroatoms. The van der Waals surface area contributed by atoms with Crippen molar-refractivity contribution in [1.29, 1.82) is 0 Å². The SMILES string of the molecule is CC(C)(C)OC(=O)N1CCCC1c1ncc(-c2ccc(C#Cc3ccc4nc(C56CC7(CC7)CN(C(=O)OC(C)(C)C)C5C5CC56)[nH]c4c3)cc2)[nH]1. The number of carbonyl (C=O) groups excluding carboxylic acids is 2. The number of benzene rings is 2. The monoisotopic (exact) mass is 700 g/mol. The van der Waals surface area contributed by atoms with Crippen molar-refractivity contribution in [3.05, 3.63) is 71.4 Å². The Kier molecular flexibility index (Phi) is 7.23. The zero-order valence-electron chi connectivity index (χ0n) is 31.0. The zero-order chi connectivity index (χ0) is 36.2. The van der Waals surface area contributed by atoms with Gasteiger partial charge < -0.3 is 24.3 Å². The number of hydrogen-bond acceptors (Lipinski definition) is 6. The highest BCUT2D eigenvalue weighted by Gasteiger charge is 2.79. The lowest BCUT2D eigenvalue weighted by Gasteiger charge is -2.58. The van der Waals surface area contributed by atoms with Crippen LogP contribution in [0.3, 0.4) is 0 Å². The van der Waals surface area contributed by atoms with E-state index in [2.05, 4.69) is 43.8 Å². The van der Waals surface area contributed by atoms with Crippen LogP contribution in [0.4, 0.5) is 9.59 Å². The predicted molar refractivity (Wildman–Crippen MR) is 197 cm³/mol. The van der Waals surface area contributed by atoms with Crippen LogP contribution < -0.4 is 0 Å². The van der Waals surface area contributed by atoms with Gasteiger partial charge in [-0.15, -0.1) is 0 Å². The maximum Gasteiger partial charge on any atom is 0.410 e. The normalized spacial score (nSPS) is 27.0. The number of nitrogens with one attached hydrogen (secondary N) is 2. The maximum absolute atomic E-state index is 13.5. The number of rotatable bonds is 3. The second-order valence-electron chi connectivity index (χ2n) is 17.9. The first kappa shape index (κ1) is 33.1. The molecule has 2 amide bonds. The van der Waals surface area contributed by atoms with Gasteiger partial charge in [-0.2, -0.15) is 0 Å². The van der Waals surface area contributed by atoms with Crippen LogP contribution in [0.5, 0.6) is 0 Å². The van der Waals surface area contributed by atoms with Crippen molar-refractivity contribution in [1.82, 2.24) is 29.7 Å². The number of fused-ring (bicyclic) bond motifs is 5. The number of ether oxygens (including phenoxy) is 2. The van der Waals surface area contributed by atoms with Gasteiger partial charge in [0.25, 0.3) is 0 Å². The first-order valence-corrected chi connectivity index (χ1v) is 18.9. The number of hydrogen-bond donors (Lipinski definition) is 2. The predicted octanol–water partition coefficient (Wildman–Crippen LogP) is 8.10. The Morgan fingerprint density at radius 1 is 0.904 bits per heavy atom. The van der Waals surface area contributed by atoms with Crippen molar-refractivity contribution in [3.8, 4) is 23.1 Å². The Bertz CT molecular complexity index is 2140. The van der Waals surface area contributed by atoms with Crippen LogP contribution in [0.2, 0.25) is 0 Å². The summed E-state index contributed by atoms with van der Waals surface area (Å²) in [6.45, 7) is 13.0. The fraction of sp³-hybridized carbons (Fsp3) is 0.524. The fourth-order valence-corrected chi connectivity index (χ4v) is 9.36. The molecule has 5 atom stereocenters. The van der Waals surface area contributed by atoms with Crippen LogP contribution in [-0.2, 0) is 14.9 Å². The third-order valence-electron chi connectivity index (χ3n) is 11.8. The topological polar surface area (TPSA) is 116 Å². The summed E-state index contributed by atoms with van der Waals surface area (Å²) in [4.78, 5) is 47.2. The van der Waals surface area contributed by atoms with Crippen molar-refractivity contribution in [2.24, 2.45) is 17.3 Å². The highest BCUT2D eigenvalue weighted by atomic mass is 16.6. The minimum Gasteiger partial charge on any atom is -0.444 e. The lowest BCUT2D eigenvalue weighted by atomic mass is 9.56. The van der Waals surface area contributed by atoms with E-state index in [4.69, 9.17) is 14.5 Å². The number of aromatic amines is 2. The van der Waals surface area contributed by atoms with Gasteiger partial charge in [0.15, 0.2) is 0 Å². The van der Waals surface area contributed by atoms with Crippen LogP contribution in [-0.4, -0.2) is 72.3 Å². The highest BCUT2D eigenvalue weighted by Crippen LogP contribution is 2.76. The molecule has 3 aliphatic carbocycles. The molecule has 2 saturated heterocycles. The van der Waals surface area contributed by atoms with E-state index in [0.717, 1.165) is 90.1 Å². The van der Waals surface area contributed by atoms with Crippen molar-refractivity contribution in [2.45, 2.75) is 109 Å². The third kappa shape index (κ3) is 5.73. The number of likely N-dealkylation sites (tertiary alicyclic amines) is 2. The minimum atomic E-state index is -0.541. The number of piperidine rings is 1. The highest BCUT2D eigenvalue weighted by molar-refractivity contribution is 5.78. The summed E-state index contributed by atoms with van der Waals surface area (Å²) in [5.41, 5.74) is 4.65. The number of aromatic nitrogens is 4. The molecule has 10 nitrogen and oxygen atoms in total. The first-order valence-electron chi connectivity index (χ1n) is 18.9. The second kappa shape index (κ2) is 11.4. The summed E-state index contributed by atoms with van der Waals surface area (Å²) in [5, 5.41) is 0. The first-order chi connectivity index (χ1) is 24.7. The second-order valence-corrected chi connectivity index (χ2v) is 17.9. The molecule has 2 aromatic carbocycles. The molecule has 270 valence electrons. The minimum absolute atomic E-state index is 0.123. The molecule has 5 fully saturated rings. The van der Waals surface area contributed by atoms with Gasteiger partial charge in [-0.1, -0.05) is 24.0 Å². The van der Waals surface area contributed by atoms with Crippen LogP contribution in [0.25, 0.3) is 22.3 Å². The molecule has 3 saturated carbocycles. The van der Waals surface area contributed by atoms with Gasteiger partial charge in [0.1, 0.15) is 22.9 Å². The number of carbonyl (C=O) groups is 2. The lowest BCUT2D eigenvalue weighted by Crippen LogP contribution is -2.68. The van der Waals surface area contributed by atoms with E-state index in [-0.39, 0.29) is 35.1 Å². The Labute approximate surface area is 305 Å². The summed E-state index contributed by atoms with van der Waals surface area (Å²) >= 11 is 0. The molecule has 0 radical (unpaired) electrons. The Hall–Kier alpha value is -4.78. The van der Waals surface area contributed by atoms with Gasteiger partial charge in [-0.25, -0.2) is 19.6 Å². The van der Waals surface area contributed by atoms with Crippen molar-refractivity contribution < 1.29 is 19.1 Å². The molecule has 5 aliphatic rings. The van der Waals surface area contributed by atoms with Gasteiger partial charge >= 0.3 is 12.2 Å². The molecule has 4 aromatic rings. The molecule has 5 unspecified atom stereocenters. The van der Waals surface area contributed by atoms with Gasteiger partial charge in [0.05, 0.1) is 40.4 Å². The zero-order valence-corrected chi connectivity index (χ0v) is 31.0. The Balaban J connectivity index is 0.912. The standard InChI is InChI=1S/C42H48N6O4/c1-39(2,3)51-37(49)47-19-7-8-33(47)35-43-22-32(44-35)27-14-11-25(12-15-27)9-10-26-13-16-30-31(20-26)46-36(45-30)42-23-41(17-18-41)24-48(34(42)28-21-29(28)42)38(50)52-40(4,5)6/h11-16,20,22,28-29,33-34H,7-8,17-19,21,23-24H2,1-6H3,(H,43,44)(H,45,46). The Morgan fingerprint density at radius 3 is 2.31 bits per heavy atom. The smallest absolute Gasteiger partial charge is 0.410 e. The average Bonchev–Trinajstić information content (AvgIpc) is 3.70. The number of amides is 2. The maximum atomic E-state index is 13.5. The summed E-state index contributed by atoms with van der Waals surface area (Å²) in [5.74, 6) is 9.61. The molecule has 52 heavy (non-hydrogen) atoms. The van der Waals surface area contributed by atoms with Gasteiger partial charge in [-0.05, 0) is 133 Å². The quantitative estimate of drug-likeness (QED) is 0.209. The molecule has 2 aromatic heterocycles. The van der Waals surface area contributed by atoms with Crippen LogP contribution >= 0.6 is 0 Å². The van der Waals surface area contributed by atoms with Gasteiger partial charge in [-0.3, -0.25) is 4.90 Å². The van der Waals surface area contributed by atoms with Gasteiger partial charge in [0.2, 0.25) is 0 Å². The van der Waals surface area contributed by atoms with Crippen molar-refractivity contribution in [3.63, 3.8) is 0 Å². The summed E-state index contributed by atoms with van der Waals surface area (Å²) in [6.07, 6.45) is 7.70. The Morgan fingerprint density at radius 2 is 1.60 bits per heavy atom. The summed E-state index contributed by atoms with van der Waals surface area (Å²) in [7, 11) is 0. The van der Waals surface area contributed by atoms with E-state index in [9.17, 15) is 9.59 Å². The fourth-order valence-electron chi connectivity index (χ4n) is 9.36.